The molecule has 1 aromatic heterocycles. The molecule has 6 nitrogen and oxygen atoms in total. The third kappa shape index (κ3) is 6.02. The molecule has 0 saturated carbocycles. The van der Waals surface area contributed by atoms with Crippen LogP contribution in [0.25, 0.3) is 28.2 Å². The fourth-order valence-electron chi connectivity index (χ4n) is 3.98. The van der Waals surface area contributed by atoms with Crippen LogP contribution in [0.15, 0.2) is 118 Å². The summed E-state index contributed by atoms with van der Waals surface area (Å²) in [5.41, 5.74) is 0.391. The first-order valence-electron chi connectivity index (χ1n) is 12.1. The van der Waals surface area contributed by atoms with Gasteiger partial charge in [-0.1, -0.05) is 72.8 Å². The van der Waals surface area contributed by atoms with E-state index in [2.05, 4.69) is 0 Å². The Labute approximate surface area is 231 Å². The largest absolute Gasteiger partial charge is 0.453 e. The van der Waals surface area contributed by atoms with E-state index in [-0.39, 0.29) is 22.5 Å². The number of rotatable bonds is 6. The first-order valence-corrected chi connectivity index (χ1v) is 12.1. The van der Waals surface area contributed by atoms with Crippen molar-refractivity contribution in [1.29, 1.82) is 5.26 Å². The van der Waals surface area contributed by atoms with Gasteiger partial charge in [-0.05, 0) is 47.0 Å². The minimum Gasteiger partial charge on any atom is -0.449 e. The molecule has 0 atom stereocenters. The topological polar surface area (TPSA) is 89.5 Å². The fraction of sp³-hybridized carbons (Fsp3) is 0.0312. The van der Waals surface area contributed by atoms with Gasteiger partial charge < -0.3 is 13.9 Å². The number of esters is 1. The number of carbonyl (C=O) groups is 1. The molecule has 4 aromatic carbocycles. The molecule has 5 rings (SSSR count). The average Bonchev–Trinajstić information content (AvgIpc) is 2.98. The van der Waals surface area contributed by atoms with Gasteiger partial charge in [0, 0.05) is 6.07 Å². The predicted octanol–water partition coefficient (Wildman–Crippen LogP) is 7.78. The number of nitriles is 1. The first-order chi connectivity index (χ1) is 19.7. The SMILES string of the molecule is N#C/C(=C\c1ccccc1)C(=O)Oc1ccc2c(=O)c(Oc3ccc(-c4ccccc4)cc3)c(C(F)(F)F)oc2c1. The van der Waals surface area contributed by atoms with Crippen LogP contribution in [0.4, 0.5) is 13.2 Å². The number of benzene rings is 4. The summed E-state index contributed by atoms with van der Waals surface area (Å²) in [7, 11) is 0. The van der Waals surface area contributed by atoms with Gasteiger partial charge in [-0.3, -0.25) is 4.79 Å². The molecule has 202 valence electrons. The van der Waals surface area contributed by atoms with Gasteiger partial charge >= 0.3 is 12.1 Å². The highest BCUT2D eigenvalue weighted by Crippen LogP contribution is 2.39. The minimum absolute atomic E-state index is 0.00150. The Morgan fingerprint density at radius 1 is 0.829 bits per heavy atom. The Bertz CT molecular complexity index is 1850. The normalized spacial score (nSPS) is 11.6. The van der Waals surface area contributed by atoms with E-state index in [1.54, 1.807) is 48.5 Å². The lowest BCUT2D eigenvalue weighted by Gasteiger charge is -2.14. The van der Waals surface area contributed by atoms with Crippen molar-refractivity contribution in [3.05, 3.63) is 130 Å². The Kier molecular flexibility index (Phi) is 7.39. The number of alkyl halides is 3. The van der Waals surface area contributed by atoms with Crippen LogP contribution in [0.3, 0.4) is 0 Å². The van der Waals surface area contributed by atoms with Gasteiger partial charge in [-0.15, -0.1) is 0 Å². The molecule has 0 bridgehead atoms. The highest BCUT2D eigenvalue weighted by Gasteiger charge is 2.40. The van der Waals surface area contributed by atoms with E-state index in [0.29, 0.717) is 5.56 Å². The van der Waals surface area contributed by atoms with E-state index in [1.807, 2.05) is 30.3 Å². The zero-order valence-electron chi connectivity index (χ0n) is 21.0. The van der Waals surface area contributed by atoms with Crippen molar-refractivity contribution in [2.75, 3.05) is 0 Å². The third-order valence-corrected chi connectivity index (χ3v) is 5.92. The van der Waals surface area contributed by atoms with Crippen LogP contribution in [0, 0.1) is 11.3 Å². The molecule has 41 heavy (non-hydrogen) atoms. The molecule has 0 unspecified atom stereocenters. The number of ether oxygens (including phenoxy) is 2. The van der Waals surface area contributed by atoms with Gasteiger partial charge in [0.1, 0.15) is 28.7 Å². The standard InChI is InChI=1S/C32H18F3NO5/c33-32(34,35)30-29(39-24-13-11-22(12-14-24)21-9-5-2-6-10-21)28(37)26-16-15-25(18-27(26)41-30)40-31(38)23(19-36)17-20-7-3-1-4-8-20/h1-18H/b23-17+. The Morgan fingerprint density at radius 2 is 1.44 bits per heavy atom. The monoisotopic (exact) mass is 553 g/mol. The number of hydrogen-bond donors (Lipinski definition) is 0. The lowest BCUT2D eigenvalue weighted by atomic mass is 10.1. The number of hydrogen-bond acceptors (Lipinski definition) is 6. The van der Waals surface area contributed by atoms with Crippen molar-refractivity contribution in [1.82, 2.24) is 0 Å². The van der Waals surface area contributed by atoms with E-state index in [0.717, 1.165) is 23.3 Å². The van der Waals surface area contributed by atoms with Gasteiger partial charge in [0.2, 0.25) is 11.2 Å². The summed E-state index contributed by atoms with van der Waals surface area (Å²) in [4.78, 5) is 25.7. The zero-order valence-corrected chi connectivity index (χ0v) is 21.0. The molecule has 1 heterocycles. The highest BCUT2D eigenvalue weighted by atomic mass is 19.4. The molecule has 9 heteroatoms. The molecule has 0 amide bonds. The van der Waals surface area contributed by atoms with Crippen molar-refractivity contribution in [2.24, 2.45) is 0 Å². The molecule has 0 aliphatic rings. The first kappa shape index (κ1) is 27.0. The number of halogens is 3. The van der Waals surface area contributed by atoms with Gasteiger partial charge in [0.25, 0.3) is 5.76 Å². The van der Waals surface area contributed by atoms with Gasteiger partial charge in [-0.25, -0.2) is 4.79 Å². The molecule has 0 aliphatic carbocycles. The van der Waals surface area contributed by atoms with Crippen LogP contribution in [0.1, 0.15) is 11.3 Å². The molecule has 0 fully saturated rings. The fourth-order valence-corrected chi connectivity index (χ4v) is 3.98. The second-order valence-electron chi connectivity index (χ2n) is 8.71. The van der Waals surface area contributed by atoms with E-state index < -0.39 is 34.7 Å². The summed E-state index contributed by atoms with van der Waals surface area (Å²) in [6.07, 6.45) is -3.77. The van der Waals surface area contributed by atoms with E-state index >= 15 is 0 Å². The van der Waals surface area contributed by atoms with Crippen LogP contribution < -0.4 is 14.9 Å². The smallest absolute Gasteiger partial charge is 0.449 e. The molecule has 0 radical (unpaired) electrons. The zero-order chi connectivity index (χ0) is 29.0. The summed E-state index contributed by atoms with van der Waals surface area (Å²) in [5, 5.41) is 9.15. The predicted molar refractivity (Wildman–Crippen MR) is 145 cm³/mol. The second-order valence-corrected chi connectivity index (χ2v) is 8.71. The van der Waals surface area contributed by atoms with Crippen molar-refractivity contribution in [3.8, 4) is 34.4 Å². The van der Waals surface area contributed by atoms with Crippen LogP contribution in [-0.4, -0.2) is 5.97 Å². The number of nitrogens with zero attached hydrogens (tertiary/aromatic N) is 1. The van der Waals surface area contributed by atoms with E-state index in [4.69, 9.17) is 13.9 Å². The summed E-state index contributed by atoms with van der Waals surface area (Å²) < 4.78 is 57.6. The Hall–Kier alpha value is -5.62. The molecular formula is C32H18F3NO5. The van der Waals surface area contributed by atoms with Crippen molar-refractivity contribution < 1.29 is 31.9 Å². The lowest BCUT2D eigenvalue weighted by Crippen LogP contribution is -2.16. The molecule has 0 aliphatic heterocycles. The van der Waals surface area contributed by atoms with Crippen LogP contribution in [0.5, 0.6) is 17.2 Å². The summed E-state index contributed by atoms with van der Waals surface area (Å²) in [6.45, 7) is 0. The Morgan fingerprint density at radius 3 is 2.07 bits per heavy atom. The highest BCUT2D eigenvalue weighted by molar-refractivity contribution is 5.99. The van der Waals surface area contributed by atoms with E-state index in [9.17, 15) is 28.0 Å². The summed E-state index contributed by atoms with van der Waals surface area (Å²) in [6, 6.07) is 29.1. The quantitative estimate of drug-likeness (QED) is 0.0923. The van der Waals surface area contributed by atoms with Crippen molar-refractivity contribution >= 4 is 23.0 Å². The molecule has 5 aromatic rings. The van der Waals surface area contributed by atoms with Gasteiger partial charge in [0.15, 0.2) is 0 Å². The lowest BCUT2D eigenvalue weighted by molar-refractivity contribution is -0.154. The summed E-state index contributed by atoms with van der Waals surface area (Å²) >= 11 is 0. The van der Waals surface area contributed by atoms with Crippen LogP contribution in [0.2, 0.25) is 0 Å². The maximum Gasteiger partial charge on any atom is 0.453 e. The molecule has 0 saturated heterocycles. The third-order valence-electron chi connectivity index (χ3n) is 5.92. The van der Waals surface area contributed by atoms with Crippen molar-refractivity contribution in [2.45, 2.75) is 6.18 Å². The maximum absolute atomic E-state index is 14.0. The van der Waals surface area contributed by atoms with E-state index in [1.165, 1.54) is 24.3 Å². The van der Waals surface area contributed by atoms with Crippen LogP contribution >= 0.6 is 0 Å². The molecular weight excluding hydrogens is 535 g/mol. The van der Waals surface area contributed by atoms with Crippen molar-refractivity contribution in [3.63, 3.8) is 0 Å². The number of carbonyl (C=O) groups excluding carboxylic acids is 1. The minimum atomic E-state index is -5.08. The maximum atomic E-state index is 14.0. The van der Waals surface area contributed by atoms with Gasteiger partial charge in [-0.2, -0.15) is 18.4 Å². The second kappa shape index (κ2) is 11.2. The van der Waals surface area contributed by atoms with Gasteiger partial charge in [0.05, 0.1) is 5.39 Å². The van der Waals surface area contributed by atoms with Crippen LogP contribution in [-0.2, 0) is 11.0 Å². The average molecular weight is 553 g/mol. The Balaban J connectivity index is 1.46. The number of fused-ring (bicyclic) bond motifs is 1. The molecule has 0 N–H and O–H groups in total. The summed E-state index contributed by atoms with van der Waals surface area (Å²) in [5.74, 6) is -3.93. The molecule has 0 spiro atoms.